The Bertz CT molecular complexity index is 857. The zero-order chi connectivity index (χ0) is 17.3. The van der Waals surface area contributed by atoms with Crippen LogP contribution in [0.15, 0.2) is 36.4 Å². The minimum atomic E-state index is -0.176. The van der Waals surface area contributed by atoms with Gasteiger partial charge >= 0.3 is 0 Å². The topological polar surface area (TPSA) is 64.7 Å². The van der Waals surface area contributed by atoms with Gasteiger partial charge in [-0.2, -0.15) is 10.2 Å². The zero-order valence-electron chi connectivity index (χ0n) is 14.4. The highest BCUT2D eigenvalue weighted by Crippen LogP contribution is 2.17. The quantitative estimate of drug-likeness (QED) is 0.802. The van der Waals surface area contributed by atoms with Gasteiger partial charge in [0.25, 0.3) is 5.91 Å². The molecule has 0 atom stereocenters. The summed E-state index contributed by atoms with van der Waals surface area (Å²) in [5, 5.41) is 11.7. The molecule has 0 bridgehead atoms. The smallest absolute Gasteiger partial charge is 0.272 e. The monoisotopic (exact) mass is 323 g/mol. The molecular weight excluding hydrogens is 302 g/mol. The Morgan fingerprint density at radius 2 is 1.83 bits per heavy atom. The predicted octanol–water partition coefficient (Wildman–Crippen LogP) is 2.46. The van der Waals surface area contributed by atoms with Gasteiger partial charge in [0.2, 0.25) is 0 Å². The summed E-state index contributed by atoms with van der Waals surface area (Å²) in [6, 6.07) is 11.7. The van der Waals surface area contributed by atoms with Crippen LogP contribution in [0.5, 0.6) is 0 Å². The van der Waals surface area contributed by atoms with E-state index in [0.717, 1.165) is 28.3 Å². The Kier molecular flexibility index (Phi) is 4.20. The minimum absolute atomic E-state index is 0.176. The first-order chi connectivity index (χ1) is 11.5. The number of rotatable bonds is 4. The lowest BCUT2D eigenvalue weighted by molar-refractivity contribution is 0.0945. The third kappa shape index (κ3) is 2.95. The maximum atomic E-state index is 12.3. The van der Waals surface area contributed by atoms with Gasteiger partial charge in [0.05, 0.1) is 11.4 Å². The van der Waals surface area contributed by atoms with E-state index in [0.29, 0.717) is 12.2 Å². The molecule has 0 unspecified atom stereocenters. The number of nitrogens with zero attached hydrogens (tertiary/aromatic N) is 4. The molecule has 124 valence electrons. The van der Waals surface area contributed by atoms with Crippen LogP contribution in [0.3, 0.4) is 0 Å². The van der Waals surface area contributed by atoms with Gasteiger partial charge in [0.15, 0.2) is 0 Å². The highest BCUT2D eigenvalue weighted by Gasteiger charge is 2.15. The molecule has 0 radical (unpaired) electrons. The van der Waals surface area contributed by atoms with Gasteiger partial charge in [0, 0.05) is 30.5 Å². The summed E-state index contributed by atoms with van der Waals surface area (Å²) in [7, 11) is 1.82. The number of para-hydroxylation sites is 1. The number of aryl methyl sites for hydroxylation is 3. The van der Waals surface area contributed by atoms with Crippen LogP contribution in [0.2, 0.25) is 0 Å². The summed E-state index contributed by atoms with van der Waals surface area (Å²) < 4.78 is 3.60. The molecular formula is C18H21N5O. The van der Waals surface area contributed by atoms with Crippen LogP contribution in [-0.2, 0) is 13.6 Å². The van der Waals surface area contributed by atoms with Crippen molar-refractivity contribution in [2.45, 2.75) is 27.3 Å². The number of hydrogen-bond acceptors (Lipinski definition) is 3. The third-order valence-electron chi connectivity index (χ3n) is 4.21. The molecule has 2 heterocycles. The van der Waals surface area contributed by atoms with E-state index in [2.05, 4.69) is 15.5 Å². The van der Waals surface area contributed by atoms with Crippen LogP contribution < -0.4 is 5.32 Å². The van der Waals surface area contributed by atoms with Crippen molar-refractivity contribution in [2.75, 3.05) is 0 Å². The second-order valence-electron chi connectivity index (χ2n) is 5.87. The Hall–Kier alpha value is -2.89. The Morgan fingerprint density at radius 3 is 2.46 bits per heavy atom. The van der Waals surface area contributed by atoms with E-state index in [-0.39, 0.29) is 5.91 Å². The second kappa shape index (κ2) is 6.31. The maximum absolute atomic E-state index is 12.3. The standard InChI is InChI=1S/C18H21N5O/c1-12-10-17(21-22(12)4)18(24)19-11-16-13(2)20-23(14(16)3)15-8-6-5-7-9-15/h5-10H,11H2,1-4H3,(H,19,24). The van der Waals surface area contributed by atoms with Crippen LogP contribution in [-0.4, -0.2) is 25.5 Å². The van der Waals surface area contributed by atoms with E-state index in [9.17, 15) is 4.79 Å². The van der Waals surface area contributed by atoms with Crippen molar-refractivity contribution in [3.05, 3.63) is 64.7 Å². The molecule has 24 heavy (non-hydrogen) atoms. The summed E-state index contributed by atoms with van der Waals surface area (Å²) in [4.78, 5) is 12.3. The van der Waals surface area contributed by atoms with Gasteiger partial charge in [-0.3, -0.25) is 9.48 Å². The third-order valence-corrected chi connectivity index (χ3v) is 4.21. The van der Waals surface area contributed by atoms with Crippen molar-refractivity contribution < 1.29 is 4.79 Å². The van der Waals surface area contributed by atoms with Crippen molar-refractivity contribution >= 4 is 5.91 Å². The molecule has 0 aliphatic heterocycles. The molecule has 6 nitrogen and oxygen atoms in total. The van der Waals surface area contributed by atoms with Gasteiger partial charge in [-0.25, -0.2) is 4.68 Å². The highest BCUT2D eigenvalue weighted by molar-refractivity contribution is 5.92. The molecule has 3 rings (SSSR count). The van der Waals surface area contributed by atoms with Gasteiger partial charge in [-0.05, 0) is 39.0 Å². The first kappa shape index (κ1) is 16.0. The van der Waals surface area contributed by atoms with E-state index < -0.39 is 0 Å². The number of benzene rings is 1. The van der Waals surface area contributed by atoms with E-state index in [1.54, 1.807) is 10.7 Å². The van der Waals surface area contributed by atoms with Crippen molar-refractivity contribution in [1.82, 2.24) is 24.9 Å². The van der Waals surface area contributed by atoms with Crippen molar-refractivity contribution in [3.8, 4) is 5.69 Å². The van der Waals surface area contributed by atoms with Crippen LogP contribution in [0.4, 0.5) is 0 Å². The zero-order valence-corrected chi connectivity index (χ0v) is 14.4. The first-order valence-electron chi connectivity index (χ1n) is 7.86. The van der Waals surface area contributed by atoms with Gasteiger partial charge in [-0.1, -0.05) is 18.2 Å². The molecule has 6 heteroatoms. The lowest BCUT2D eigenvalue weighted by Crippen LogP contribution is -2.24. The molecule has 0 spiro atoms. The highest BCUT2D eigenvalue weighted by atomic mass is 16.1. The largest absolute Gasteiger partial charge is 0.346 e. The van der Waals surface area contributed by atoms with Crippen LogP contribution in [0.1, 0.15) is 33.1 Å². The molecule has 1 amide bonds. The fourth-order valence-corrected chi connectivity index (χ4v) is 2.68. The molecule has 0 saturated carbocycles. The second-order valence-corrected chi connectivity index (χ2v) is 5.87. The van der Waals surface area contributed by atoms with Crippen molar-refractivity contribution in [3.63, 3.8) is 0 Å². The number of nitrogens with one attached hydrogen (secondary N) is 1. The molecule has 0 fully saturated rings. The summed E-state index contributed by atoms with van der Waals surface area (Å²) in [5.74, 6) is -0.176. The fraction of sp³-hybridized carbons (Fsp3) is 0.278. The predicted molar refractivity (Wildman–Crippen MR) is 92.2 cm³/mol. The van der Waals surface area contributed by atoms with Crippen LogP contribution >= 0.6 is 0 Å². The van der Waals surface area contributed by atoms with Crippen LogP contribution in [0, 0.1) is 20.8 Å². The van der Waals surface area contributed by atoms with E-state index in [1.807, 2.05) is 62.8 Å². The lowest BCUT2D eigenvalue weighted by atomic mass is 10.2. The van der Waals surface area contributed by atoms with Gasteiger partial charge in [-0.15, -0.1) is 0 Å². The van der Waals surface area contributed by atoms with Crippen molar-refractivity contribution in [1.29, 1.82) is 0 Å². The molecule has 1 N–H and O–H groups in total. The number of hydrogen-bond donors (Lipinski definition) is 1. The van der Waals surface area contributed by atoms with E-state index in [1.165, 1.54) is 0 Å². The normalized spacial score (nSPS) is 10.8. The molecule has 0 aliphatic rings. The minimum Gasteiger partial charge on any atom is -0.346 e. The van der Waals surface area contributed by atoms with E-state index in [4.69, 9.17) is 0 Å². The Balaban J connectivity index is 1.78. The van der Waals surface area contributed by atoms with E-state index >= 15 is 0 Å². The Labute approximate surface area is 141 Å². The average molecular weight is 323 g/mol. The Morgan fingerprint density at radius 1 is 1.12 bits per heavy atom. The molecule has 0 saturated heterocycles. The van der Waals surface area contributed by atoms with Crippen molar-refractivity contribution in [2.24, 2.45) is 7.05 Å². The number of aromatic nitrogens is 4. The molecule has 2 aromatic heterocycles. The summed E-state index contributed by atoms with van der Waals surface area (Å²) in [6.45, 7) is 6.32. The summed E-state index contributed by atoms with van der Waals surface area (Å²) >= 11 is 0. The molecule has 1 aromatic carbocycles. The van der Waals surface area contributed by atoms with Gasteiger partial charge < -0.3 is 5.32 Å². The number of carbonyl (C=O) groups is 1. The maximum Gasteiger partial charge on any atom is 0.272 e. The SMILES string of the molecule is Cc1nn(-c2ccccc2)c(C)c1CNC(=O)c1cc(C)n(C)n1. The lowest BCUT2D eigenvalue weighted by Gasteiger charge is -2.06. The summed E-state index contributed by atoms with van der Waals surface area (Å²) in [6.07, 6.45) is 0. The van der Waals surface area contributed by atoms with Gasteiger partial charge in [0.1, 0.15) is 5.69 Å². The molecule has 0 aliphatic carbocycles. The first-order valence-corrected chi connectivity index (χ1v) is 7.86. The molecule has 3 aromatic rings. The average Bonchev–Trinajstić information content (AvgIpc) is 3.06. The fourth-order valence-electron chi connectivity index (χ4n) is 2.68. The number of amides is 1. The number of carbonyl (C=O) groups excluding carboxylic acids is 1. The summed E-state index contributed by atoms with van der Waals surface area (Å²) in [5.41, 5.74) is 5.35. The van der Waals surface area contributed by atoms with Crippen LogP contribution in [0.25, 0.3) is 5.69 Å².